The fraction of sp³-hybridized carbons (Fsp3) is 0.300. The van der Waals surface area contributed by atoms with Crippen molar-refractivity contribution in [2.24, 2.45) is 5.73 Å². The third-order valence-corrected chi connectivity index (χ3v) is 2.08. The van der Waals surface area contributed by atoms with E-state index in [1.165, 1.54) is 6.20 Å². The molecular weight excluding hydrogens is 194 g/mol. The third-order valence-electron chi connectivity index (χ3n) is 2.08. The Kier molecular flexibility index (Phi) is 2.26. The Bertz CT molecular complexity index is 446. The molecule has 0 aliphatic heterocycles. The van der Waals surface area contributed by atoms with Gasteiger partial charge in [-0.3, -0.25) is 4.79 Å². The van der Waals surface area contributed by atoms with Gasteiger partial charge in [0.2, 0.25) is 0 Å². The van der Waals surface area contributed by atoms with E-state index in [2.05, 4.69) is 4.98 Å². The van der Waals surface area contributed by atoms with Crippen LogP contribution in [0.4, 0.5) is 0 Å². The molecule has 15 heavy (non-hydrogen) atoms. The molecule has 0 radical (unpaired) electrons. The minimum Gasteiger partial charge on any atom is -0.489 e. The molecule has 1 aromatic rings. The molecule has 1 amide bonds. The van der Waals surface area contributed by atoms with Crippen molar-refractivity contribution in [3.63, 3.8) is 0 Å². The summed E-state index contributed by atoms with van der Waals surface area (Å²) in [5.74, 6) is -0.323. The number of ether oxygens (including phenoxy) is 1. The molecule has 0 spiro atoms. The van der Waals surface area contributed by atoms with Gasteiger partial charge in [0.05, 0.1) is 6.10 Å². The molecule has 1 fully saturated rings. The maximum absolute atomic E-state index is 11.0. The zero-order valence-corrected chi connectivity index (χ0v) is 7.93. The number of hydrogen-bond acceptors (Lipinski definition) is 4. The van der Waals surface area contributed by atoms with Crippen LogP contribution in [-0.4, -0.2) is 17.0 Å². The van der Waals surface area contributed by atoms with Crippen LogP contribution in [0.5, 0.6) is 5.75 Å². The van der Waals surface area contributed by atoms with E-state index in [1.807, 2.05) is 6.07 Å². The number of nitriles is 1. The standard InChI is InChI=1S/C10H9N3O2/c11-5-7-8(15-6-1-2-6)3-4-13-9(7)10(12)14/h3-4,6H,1-2H2,(H2,12,14). The van der Waals surface area contributed by atoms with Crippen LogP contribution in [-0.2, 0) is 0 Å². The predicted octanol–water partition coefficient (Wildman–Crippen LogP) is 0.593. The topological polar surface area (TPSA) is 89.0 Å². The lowest BCUT2D eigenvalue weighted by atomic mass is 10.2. The Morgan fingerprint density at radius 3 is 2.93 bits per heavy atom. The van der Waals surface area contributed by atoms with Crippen molar-refractivity contribution in [3.05, 3.63) is 23.5 Å². The molecule has 0 saturated heterocycles. The highest BCUT2D eigenvalue weighted by Gasteiger charge is 2.26. The first-order valence-corrected chi connectivity index (χ1v) is 4.58. The monoisotopic (exact) mass is 203 g/mol. The first kappa shape index (κ1) is 9.46. The average molecular weight is 203 g/mol. The molecule has 0 atom stereocenters. The Hall–Kier alpha value is -2.09. The van der Waals surface area contributed by atoms with Crippen molar-refractivity contribution in [1.29, 1.82) is 5.26 Å². The van der Waals surface area contributed by atoms with Crippen molar-refractivity contribution >= 4 is 5.91 Å². The highest BCUT2D eigenvalue weighted by molar-refractivity contribution is 5.94. The number of carbonyl (C=O) groups is 1. The molecule has 1 aliphatic carbocycles. The van der Waals surface area contributed by atoms with E-state index in [0.717, 1.165) is 12.8 Å². The molecule has 76 valence electrons. The Balaban J connectivity index is 2.40. The Morgan fingerprint density at radius 1 is 1.67 bits per heavy atom. The van der Waals surface area contributed by atoms with Gasteiger partial charge in [0.1, 0.15) is 23.1 Å². The molecule has 2 rings (SSSR count). The average Bonchev–Trinajstić information content (AvgIpc) is 3.01. The lowest BCUT2D eigenvalue weighted by molar-refractivity contribution is 0.0994. The maximum atomic E-state index is 11.0. The lowest BCUT2D eigenvalue weighted by Crippen LogP contribution is -2.16. The zero-order chi connectivity index (χ0) is 10.8. The minimum absolute atomic E-state index is 0.0318. The predicted molar refractivity (Wildman–Crippen MR) is 51.1 cm³/mol. The summed E-state index contributed by atoms with van der Waals surface area (Å²) in [7, 11) is 0. The van der Waals surface area contributed by atoms with Crippen LogP contribution >= 0.6 is 0 Å². The molecule has 0 bridgehead atoms. The summed E-state index contributed by atoms with van der Waals surface area (Å²) in [5.41, 5.74) is 5.19. The quantitative estimate of drug-likeness (QED) is 0.778. The van der Waals surface area contributed by atoms with Gasteiger partial charge in [-0.1, -0.05) is 0 Å². The van der Waals surface area contributed by atoms with E-state index in [9.17, 15) is 4.79 Å². The van der Waals surface area contributed by atoms with Gasteiger partial charge in [-0.2, -0.15) is 5.26 Å². The van der Waals surface area contributed by atoms with E-state index in [4.69, 9.17) is 15.7 Å². The van der Waals surface area contributed by atoms with Gasteiger partial charge in [-0.05, 0) is 18.9 Å². The van der Waals surface area contributed by atoms with E-state index in [-0.39, 0.29) is 17.4 Å². The number of aromatic nitrogens is 1. The second-order valence-electron chi connectivity index (χ2n) is 3.33. The summed E-state index contributed by atoms with van der Waals surface area (Å²) >= 11 is 0. The number of amides is 1. The maximum Gasteiger partial charge on any atom is 0.268 e. The van der Waals surface area contributed by atoms with Gasteiger partial charge in [-0.15, -0.1) is 0 Å². The van der Waals surface area contributed by atoms with Crippen LogP contribution in [0, 0.1) is 11.3 Å². The number of pyridine rings is 1. The minimum atomic E-state index is -0.715. The number of carbonyl (C=O) groups excluding carboxylic acids is 1. The van der Waals surface area contributed by atoms with Gasteiger partial charge < -0.3 is 10.5 Å². The Morgan fingerprint density at radius 2 is 2.40 bits per heavy atom. The van der Waals surface area contributed by atoms with Crippen LogP contribution in [0.15, 0.2) is 12.3 Å². The van der Waals surface area contributed by atoms with Crippen molar-refractivity contribution in [3.8, 4) is 11.8 Å². The summed E-state index contributed by atoms with van der Waals surface area (Å²) in [6.07, 6.45) is 3.55. The normalized spacial score (nSPS) is 14.3. The fourth-order valence-corrected chi connectivity index (χ4v) is 1.20. The second kappa shape index (κ2) is 3.58. The van der Waals surface area contributed by atoms with Gasteiger partial charge in [-0.25, -0.2) is 4.98 Å². The highest BCUT2D eigenvalue weighted by atomic mass is 16.5. The van der Waals surface area contributed by atoms with E-state index in [0.29, 0.717) is 5.75 Å². The van der Waals surface area contributed by atoms with Gasteiger partial charge >= 0.3 is 0 Å². The molecule has 0 aromatic carbocycles. The molecular formula is C10H9N3O2. The summed E-state index contributed by atoms with van der Waals surface area (Å²) < 4.78 is 5.47. The zero-order valence-electron chi connectivity index (χ0n) is 7.93. The van der Waals surface area contributed by atoms with E-state index in [1.54, 1.807) is 6.07 Å². The van der Waals surface area contributed by atoms with Crippen molar-refractivity contribution in [2.45, 2.75) is 18.9 Å². The lowest BCUT2D eigenvalue weighted by Gasteiger charge is -2.07. The third kappa shape index (κ3) is 1.89. The van der Waals surface area contributed by atoms with Gasteiger partial charge in [0.15, 0.2) is 0 Å². The number of primary amides is 1. The fourth-order valence-electron chi connectivity index (χ4n) is 1.20. The smallest absolute Gasteiger partial charge is 0.268 e. The summed E-state index contributed by atoms with van der Waals surface area (Å²) in [6, 6.07) is 3.46. The summed E-state index contributed by atoms with van der Waals surface area (Å²) in [5, 5.41) is 8.90. The van der Waals surface area contributed by atoms with Crippen LogP contribution in [0.2, 0.25) is 0 Å². The van der Waals surface area contributed by atoms with Gasteiger partial charge in [0, 0.05) is 6.20 Å². The molecule has 1 aliphatic rings. The van der Waals surface area contributed by atoms with Crippen molar-refractivity contribution < 1.29 is 9.53 Å². The summed E-state index contributed by atoms with van der Waals surface area (Å²) in [6.45, 7) is 0. The van der Waals surface area contributed by atoms with Crippen LogP contribution in [0.1, 0.15) is 28.9 Å². The first-order chi connectivity index (χ1) is 7.22. The number of nitrogens with two attached hydrogens (primary N) is 1. The van der Waals surface area contributed by atoms with Crippen LogP contribution < -0.4 is 10.5 Å². The van der Waals surface area contributed by atoms with Crippen molar-refractivity contribution in [2.75, 3.05) is 0 Å². The molecule has 1 saturated carbocycles. The SMILES string of the molecule is N#Cc1c(OC2CC2)ccnc1C(N)=O. The number of nitrogens with zero attached hydrogens (tertiary/aromatic N) is 2. The highest BCUT2D eigenvalue weighted by Crippen LogP contribution is 2.29. The number of rotatable bonds is 3. The molecule has 0 unspecified atom stereocenters. The van der Waals surface area contributed by atoms with Crippen LogP contribution in [0.3, 0.4) is 0 Å². The molecule has 1 aromatic heterocycles. The second-order valence-corrected chi connectivity index (χ2v) is 3.33. The van der Waals surface area contributed by atoms with Crippen LogP contribution in [0.25, 0.3) is 0 Å². The molecule has 5 heteroatoms. The van der Waals surface area contributed by atoms with Gasteiger partial charge in [0.25, 0.3) is 5.91 Å². The molecule has 5 nitrogen and oxygen atoms in total. The summed E-state index contributed by atoms with van der Waals surface area (Å²) in [4.78, 5) is 14.7. The largest absolute Gasteiger partial charge is 0.489 e. The molecule has 2 N–H and O–H groups in total. The van der Waals surface area contributed by atoms with Crippen molar-refractivity contribution in [1.82, 2.24) is 4.98 Å². The molecule has 1 heterocycles. The first-order valence-electron chi connectivity index (χ1n) is 4.58. The Labute approximate surface area is 86.5 Å². The van der Waals surface area contributed by atoms with E-state index >= 15 is 0 Å². The number of hydrogen-bond donors (Lipinski definition) is 1. The van der Waals surface area contributed by atoms with E-state index < -0.39 is 5.91 Å².